The molecule has 1 heterocycles. The van der Waals surface area contributed by atoms with E-state index in [4.69, 9.17) is 9.47 Å². The molecule has 144 valence electrons. The number of ether oxygens (including phenoxy) is 2. The average molecular weight is 372 g/mol. The number of benzene rings is 2. The van der Waals surface area contributed by atoms with Crippen molar-refractivity contribution in [3.05, 3.63) is 54.3 Å². The third kappa shape index (κ3) is 4.51. The molecule has 0 aromatic heterocycles. The van der Waals surface area contributed by atoms with Crippen molar-refractivity contribution in [3.8, 4) is 11.5 Å². The fourth-order valence-corrected chi connectivity index (χ4v) is 3.23. The lowest BCUT2D eigenvalue weighted by atomic mass is 10.2. The minimum atomic E-state index is -0.544. The number of halogens is 1. The number of hydrogen-bond acceptors (Lipinski definition) is 4. The van der Waals surface area contributed by atoms with Crippen molar-refractivity contribution in [2.24, 2.45) is 0 Å². The van der Waals surface area contributed by atoms with Crippen LogP contribution in [0.4, 0.5) is 10.1 Å². The molecular formula is C21H25FN2O3. The monoisotopic (exact) mass is 372 g/mol. The molecule has 0 unspecified atom stereocenters. The second-order valence-electron chi connectivity index (χ2n) is 6.46. The van der Waals surface area contributed by atoms with Gasteiger partial charge in [-0.05, 0) is 30.7 Å². The number of piperazine rings is 1. The normalized spacial score (nSPS) is 15.4. The standard InChI is InChI=1S/C21H25FN2O3/c1-3-20(27-17-8-6-7-16(15-17)26-2)21(25)24-13-11-23(12-14-24)19-10-5-4-9-18(19)22/h4-10,15,20H,3,11-14H2,1-2H3/t20-/m0/s1. The van der Waals surface area contributed by atoms with Crippen molar-refractivity contribution in [2.45, 2.75) is 19.4 Å². The molecule has 2 aromatic carbocycles. The van der Waals surface area contributed by atoms with Gasteiger partial charge < -0.3 is 19.3 Å². The van der Waals surface area contributed by atoms with Crippen molar-refractivity contribution >= 4 is 11.6 Å². The lowest BCUT2D eigenvalue weighted by molar-refractivity contribution is -0.139. The van der Waals surface area contributed by atoms with Crippen LogP contribution in [0.3, 0.4) is 0 Å². The van der Waals surface area contributed by atoms with E-state index in [1.165, 1.54) is 6.07 Å². The van der Waals surface area contributed by atoms with Gasteiger partial charge in [-0.15, -0.1) is 0 Å². The number of carbonyl (C=O) groups excluding carboxylic acids is 1. The Balaban J connectivity index is 1.60. The second kappa shape index (κ2) is 8.75. The van der Waals surface area contributed by atoms with Crippen molar-refractivity contribution in [1.82, 2.24) is 4.90 Å². The summed E-state index contributed by atoms with van der Waals surface area (Å²) in [6, 6.07) is 14.0. The molecule has 2 aromatic rings. The summed E-state index contributed by atoms with van der Waals surface area (Å²) in [7, 11) is 1.59. The third-order valence-corrected chi connectivity index (χ3v) is 4.75. The number of carbonyl (C=O) groups is 1. The fraction of sp³-hybridized carbons (Fsp3) is 0.381. The van der Waals surface area contributed by atoms with Crippen LogP contribution < -0.4 is 14.4 Å². The molecule has 0 spiro atoms. The lowest BCUT2D eigenvalue weighted by Crippen LogP contribution is -2.52. The molecule has 3 rings (SSSR count). The van der Waals surface area contributed by atoms with Crippen molar-refractivity contribution in [1.29, 1.82) is 0 Å². The maximum absolute atomic E-state index is 14.0. The molecule has 1 amide bonds. The van der Waals surface area contributed by atoms with E-state index in [1.807, 2.05) is 36.1 Å². The molecule has 5 nitrogen and oxygen atoms in total. The highest BCUT2D eigenvalue weighted by Gasteiger charge is 2.28. The molecule has 1 aliphatic heterocycles. The van der Waals surface area contributed by atoms with E-state index in [9.17, 15) is 9.18 Å². The van der Waals surface area contributed by atoms with Crippen molar-refractivity contribution < 1.29 is 18.7 Å². The highest BCUT2D eigenvalue weighted by Crippen LogP contribution is 2.23. The minimum absolute atomic E-state index is 0.0338. The van der Waals surface area contributed by atoms with E-state index in [0.717, 1.165) is 0 Å². The number of hydrogen-bond donors (Lipinski definition) is 0. The van der Waals surface area contributed by atoms with E-state index in [2.05, 4.69) is 0 Å². The summed E-state index contributed by atoms with van der Waals surface area (Å²) in [5, 5.41) is 0. The summed E-state index contributed by atoms with van der Waals surface area (Å²) in [4.78, 5) is 16.6. The summed E-state index contributed by atoms with van der Waals surface area (Å²) in [6.45, 7) is 4.22. The van der Waals surface area contributed by atoms with Gasteiger partial charge in [-0.2, -0.15) is 0 Å². The van der Waals surface area contributed by atoms with Crippen LogP contribution in [0, 0.1) is 5.82 Å². The SMILES string of the molecule is CC[C@H](Oc1cccc(OC)c1)C(=O)N1CCN(c2ccccc2F)CC1. The van der Waals surface area contributed by atoms with Gasteiger partial charge in [-0.1, -0.05) is 25.1 Å². The number of methoxy groups -OCH3 is 1. The smallest absolute Gasteiger partial charge is 0.263 e. The zero-order chi connectivity index (χ0) is 19.2. The third-order valence-electron chi connectivity index (χ3n) is 4.75. The first-order valence-electron chi connectivity index (χ1n) is 9.21. The Morgan fingerprint density at radius 2 is 1.78 bits per heavy atom. The van der Waals surface area contributed by atoms with Gasteiger partial charge >= 0.3 is 0 Å². The molecule has 27 heavy (non-hydrogen) atoms. The van der Waals surface area contributed by atoms with Gasteiger partial charge in [0.25, 0.3) is 5.91 Å². The molecule has 6 heteroatoms. The molecule has 1 fully saturated rings. The maximum Gasteiger partial charge on any atom is 0.263 e. The van der Waals surface area contributed by atoms with Crippen LogP contribution in [0.2, 0.25) is 0 Å². The first kappa shape index (κ1) is 19.0. The van der Waals surface area contributed by atoms with Gasteiger partial charge in [0.15, 0.2) is 6.10 Å². The van der Waals surface area contributed by atoms with E-state index in [-0.39, 0.29) is 11.7 Å². The Morgan fingerprint density at radius 3 is 2.44 bits per heavy atom. The lowest BCUT2D eigenvalue weighted by Gasteiger charge is -2.37. The largest absolute Gasteiger partial charge is 0.497 e. The molecule has 0 N–H and O–H groups in total. The number of anilines is 1. The van der Waals surface area contributed by atoms with Crippen molar-refractivity contribution in [3.63, 3.8) is 0 Å². The molecule has 0 radical (unpaired) electrons. The quantitative estimate of drug-likeness (QED) is 0.780. The predicted molar refractivity (Wildman–Crippen MR) is 103 cm³/mol. The van der Waals surface area contributed by atoms with Gasteiger partial charge in [0.1, 0.15) is 17.3 Å². The van der Waals surface area contributed by atoms with Crippen LogP contribution in [0.1, 0.15) is 13.3 Å². The number of para-hydroxylation sites is 1. The van der Waals surface area contributed by atoms with Gasteiger partial charge in [0, 0.05) is 32.2 Å². The second-order valence-corrected chi connectivity index (χ2v) is 6.46. The molecule has 0 aliphatic carbocycles. The summed E-state index contributed by atoms with van der Waals surface area (Å²) in [5.41, 5.74) is 0.587. The molecule has 1 atom stereocenters. The highest BCUT2D eigenvalue weighted by atomic mass is 19.1. The zero-order valence-corrected chi connectivity index (χ0v) is 15.7. The number of rotatable bonds is 6. The van der Waals surface area contributed by atoms with Crippen LogP contribution in [0.5, 0.6) is 11.5 Å². The summed E-state index contributed by atoms with van der Waals surface area (Å²) >= 11 is 0. The Bertz CT molecular complexity index is 776. The highest BCUT2D eigenvalue weighted by molar-refractivity contribution is 5.81. The fourth-order valence-electron chi connectivity index (χ4n) is 3.23. The van der Waals surface area contributed by atoms with Gasteiger partial charge in [0.05, 0.1) is 12.8 Å². The van der Waals surface area contributed by atoms with Crippen LogP contribution in [-0.2, 0) is 4.79 Å². The molecule has 0 bridgehead atoms. The Kier molecular flexibility index (Phi) is 6.16. The first-order chi connectivity index (χ1) is 13.1. The molecular weight excluding hydrogens is 347 g/mol. The Labute approximate surface area is 159 Å². The predicted octanol–water partition coefficient (Wildman–Crippen LogP) is 3.34. The topological polar surface area (TPSA) is 42.0 Å². The summed E-state index contributed by atoms with van der Waals surface area (Å²) in [6.07, 6.45) is 0.0287. The Morgan fingerprint density at radius 1 is 1.07 bits per heavy atom. The van der Waals surface area contributed by atoms with E-state index >= 15 is 0 Å². The van der Waals surface area contributed by atoms with Gasteiger partial charge in [0.2, 0.25) is 0 Å². The zero-order valence-electron chi connectivity index (χ0n) is 15.7. The molecule has 1 saturated heterocycles. The first-order valence-corrected chi connectivity index (χ1v) is 9.21. The van der Waals surface area contributed by atoms with Crippen molar-refractivity contribution in [2.75, 3.05) is 38.2 Å². The van der Waals surface area contributed by atoms with Gasteiger partial charge in [-0.3, -0.25) is 4.79 Å². The van der Waals surface area contributed by atoms with Crippen LogP contribution in [-0.4, -0.2) is 50.2 Å². The van der Waals surface area contributed by atoms with E-state index in [0.29, 0.717) is 49.8 Å². The minimum Gasteiger partial charge on any atom is -0.497 e. The summed E-state index contributed by atoms with van der Waals surface area (Å²) in [5.74, 6) is 1.03. The van der Waals surface area contributed by atoms with Crippen LogP contribution >= 0.6 is 0 Å². The van der Waals surface area contributed by atoms with Crippen LogP contribution in [0.15, 0.2) is 48.5 Å². The molecule has 1 aliphatic rings. The Hall–Kier alpha value is -2.76. The summed E-state index contributed by atoms with van der Waals surface area (Å²) < 4.78 is 25.1. The van der Waals surface area contributed by atoms with Gasteiger partial charge in [-0.25, -0.2) is 4.39 Å². The number of nitrogens with zero attached hydrogens (tertiary/aromatic N) is 2. The van der Waals surface area contributed by atoms with E-state index < -0.39 is 6.10 Å². The molecule has 0 saturated carbocycles. The number of amides is 1. The maximum atomic E-state index is 14.0. The van der Waals surface area contributed by atoms with Crippen LogP contribution in [0.25, 0.3) is 0 Å². The van der Waals surface area contributed by atoms with E-state index in [1.54, 1.807) is 30.2 Å². The average Bonchev–Trinajstić information content (AvgIpc) is 2.72.